The summed E-state index contributed by atoms with van der Waals surface area (Å²) in [6, 6.07) is 4.36. The van der Waals surface area contributed by atoms with E-state index in [-0.39, 0.29) is 97.4 Å². The van der Waals surface area contributed by atoms with E-state index >= 15 is 0 Å². The van der Waals surface area contributed by atoms with E-state index in [2.05, 4.69) is 19.5 Å². The van der Waals surface area contributed by atoms with Gasteiger partial charge in [0.1, 0.15) is 11.4 Å². The summed E-state index contributed by atoms with van der Waals surface area (Å²) in [5.74, 6) is -1.39. The number of hydrogen-bond acceptors (Lipinski definition) is 12. The molecule has 0 aliphatic carbocycles. The summed E-state index contributed by atoms with van der Waals surface area (Å²) < 4.78 is 96.5. The zero-order chi connectivity index (χ0) is 29.3. The van der Waals surface area contributed by atoms with Crippen LogP contribution in [0.15, 0.2) is 55.5 Å². The monoisotopic (exact) mass is 670 g/mol. The van der Waals surface area contributed by atoms with Crippen molar-refractivity contribution in [2.75, 3.05) is 24.5 Å². The standard InChI is InChI=1S/C20H21ClN4O11S3.2Na/c1-11-8-14(38(29,30)31)9-15(21)19(11)25-20(26)18(12(2)24-25)23-22-16-10-13(4-5-17(16)35-3)37(27,28)7-6-36-39(32,33)34;;/h4-5,8-10,18H,6-7H2,1-3H3,(H,29,30,31)(H,32,33,34);;. The van der Waals surface area contributed by atoms with E-state index in [4.69, 9.17) is 20.9 Å². The predicted octanol–water partition coefficient (Wildman–Crippen LogP) is 1.61. The van der Waals surface area contributed by atoms with Gasteiger partial charge in [-0.3, -0.25) is 13.9 Å². The smallest absolute Gasteiger partial charge is 0.397 e. The summed E-state index contributed by atoms with van der Waals surface area (Å²) >= 11 is 6.19. The van der Waals surface area contributed by atoms with Crippen LogP contribution < -0.4 is 9.75 Å². The van der Waals surface area contributed by atoms with Crippen LogP contribution in [0, 0.1) is 6.92 Å². The summed E-state index contributed by atoms with van der Waals surface area (Å²) in [7, 11) is -12.2. The van der Waals surface area contributed by atoms with Gasteiger partial charge in [-0.15, -0.1) is 0 Å². The van der Waals surface area contributed by atoms with E-state index in [1.807, 2.05) is 0 Å². The first-order valence-electron chi connectivity index (χ1n) is 10.5. The van der Waals surface area contributed by atoms with Crippen LogP contribution in [0.2, 0.25) is 5.02 Å². The molecule has 21 heteroatoms. The van der Waals surface area contributed by atoms with Gasteiger partial charge in [0, 0.05) is 59.1 Å². The Balaban J connectivity index is 0.00000420. The number of ether oxygens (including phenoxy) is 1. The molecule has 3 rings (SSSR count). The maximum Gasteiger partial charge on any atom is 0.397 e. The molecule has 1 amide bonds. The number of halogens is 1. The molecule has 0 saturated carbocycles. The minimum atomic E-state index is -4.83. The summed E-state index contributed by atoms with van der Waals surface area (Å²) in [6.07, 6.45) is 0. The van der Waals surface area contributed by atoms with E-state index in [9.17, 15) is 34.6 Å². The van der Waals surface area contributed by atoms with E-state index in [0.717, 1.165) is 23.2 Å². The second-order valence-corrected chi connectivity index (χ2v) is 13.0. The van der Waals surface area contributed by atoms with Gasteiger partial charge in [-0.2, -0.15) is 37.2 Å². The molecule has 214 valence electrons. The second-order valence-electron chi connectivity index (χ2n) is 7.96. The van der Waals surface area contributed by atoms with Crippen molar-refractivity contribution in [2.24, 2.45) is 15.3 Å². The number of sulfone groups is 1. The maximum atomic E-state index is 13.1. The van der Waals surface area contributed by atoms with Crippen molar-refractivity contribution in [2.45, 2.75) is 29.7 Å². The topological polar surface area (TPSA) is 219 Å². The molecule has 0 aromatic heterocycles. The van der Waals surface area contributed by atoms with Gasteiger partial charge < -0.3 is 4.74 Å². The molecular formula is C20H21ClN4Na2O11S3. The molecule has 0 spiro atoms. The molecule has 15 nitrogen and oxygen atoms in total. The van der Waals surface area contributed by atoms with E-state index in [1.165, 1.54) is 33.1 Å². The van der Waals surface area contributed by atoms with Crippen LogP contribution in [0.4, 0.5) is 11.4 Å². The van der Waals surface area contributed by atoms with Crippen molar-refractivity contribution in [3.8, 4) is 5.75 Å². The molecule has 1 atom stereocenters. The third-order valence-corrected chi connectivity index (χ3v) is 8.47. The maximum absolute atomic E-state index is 13.1. The number of hydrogen-bond donors (Lipinski definition) is 2. The molecule has 1 aliphatic rings. The number of azo groups is 1. The van der Waals surface area contributed by atoms with Gasteiger partial charge in [0.05, 0.1) is 45.7 Å². The first-order valence-corrected chi connectivity index (χ1v) is 15.4. The fraction of sp³-hybridized carbons (Fsp3) is 0.300. The van der Waals surface area contributed by atoms with Gasteiger partial charge in [0.2, 0.25) is 0 Å². The van der Waals surface area contributed by atoms with Crippen LogP contribution in [0.5, 0.6) is 5.75 Å². The molecule has 2 aromatic rings. The number of benzene rings is 2. The van der Waals surface area contributed by atoms with Crippen LogP contribution in [-0.2, 0) is 39.3 Å². The largest absolute Gasteiger partial charge is 0.494 e. The van der Waals surface area contributed by atoms with Crippen LogP contribution in [0.1, 0.15) is 12.5 Å². The minimum Gasteiger partial charge on any atom is -0.494 e. The van der Waals surface area contributed by atoms with Crippen molar-refractivity contribution in [1.82, 2.24) is 0 Å². The summed E-state index contributed by atoms with van der Waals surface area (Å²) in [5, 5.41) is 12.8. The Morgan fingerprint density at radius 1 is 1.02 bits per heavy atom. The zero-order valence-electron chi connectivity index (χ0n) is 22.3. The summed E-state index contributed by atoms with van der Waals surface area (Å²) in [4.78, 5) is 12.4. The van der Waals surface area contributed by atoms with Gasteiger partial charge in [-0.05, 0) is 49.7 Å². The number of aryl methyl sites for hydroxylation is 1. The average molecular weight is 671 g/mol. The minimum absolute atomic E-state index is 0. The summed E-state index contributed by atoms with van der Waals surface area (Å²) in [6.45, 7) is 2.10. The molecule has 1 aliphatic heterocycles. The molecular weight excluding hydrogens is 650 g/mol. The molecule has 0 fully saturated rings. The Hall–Kier alpha value is -1.000. The number of amides is 1. The van der Waals surface area contributed by atoms with Crippen molar-refractivity contribution >= 4 is 124 Å². The fourth-order valence-corrected chi connectivity index (χ4v) is 5.91. The first-order chi connectivity index (χ1) is 17.9. The van der Waals surface area contributed by atoms with E-state index < -0.39 is 59.6 Å². The first kappa shape index (κ1) is 38.0. The van der Waals surface area contributed by atoms with E-state index in [0.29, 0.717) is 0 Å². The predicted molar refractivity (Wildman–Crippen MR) is 149 cm³/mol. The van der Waals surface area contributed by atoms with Gasteiger partial charge in [-0.1, -0.05) is 11.6 Å². The van der Waals surface area contributed by atoms with Gasteiger partial charge in [-0.25, -0.2) is 12.6 Å². The van der Waals surface area contributed by atoms with Crippen molar-refractivity contribution < 1.29 is 48.1 Å². The quantitative estimate of drug-likeness (QED) is 0.210. The van der Waals surface area contributed by atoms with Crippen molar-refractivity contribution in [3.05, 3.63) is 40.9 Å². The fourth-order valence-electron chi connectivity index (χ4n) is 3.40. The molecule has 41 heavy (non-hydrogen) atoms. The Labute approximate surface area is 285 Å². The third kappa shape index (κ3) is 9.49. The second kappa shape index (κ2) is 14.7. The molecule has 0 bridgehead atoms. The number of anilines is 1. The molecule has 2 radical (unpaired) electrons. The summed E-state index contributed by atoms with van der Waals surface area (Å²) in [5.41, 5.74) is 0.377. The average Bonchev–Trinajstić information content (AvgIpc) is 3.08. The van der Waals surface area contributed by atoms with Crippen LogP contribution >= 0.6 is 11.6 Å². The SMILES string of the molecule is COc1ccc(S(=O)(=O)CCOS(=O)(=O)O)cc1N=NC1C(=O)N(c2c(C)cc(S(=O)(=O)O)cc2Cl)N=C1C.[Na].[Na]. The van der Waals surface area contributed by atoms with Crippen molar-refractivity contribution in [3.63, 3.8) is 0 Å². The van der Waals surface area contributed by atoms with Gasteiger partial charge in [0.15, 0.2) is 15.9 Å². The number of rotatable bonds is 10. The number of carbonyl (C=O) groups is 1. The zero-order valence-corrected chi connectivity index (χ0v) is 29.5. The Morgan fingerprint density at radius 3 is 2.20 bits per heavy atom. The normalized spacial score (nSPS) is 15.9. The van der Waals surface area contributed by atoms with Crippen LogP contribution in [-0.4, -0.2) is 131 Å². The number of hydrazone groups is 1. The Morgan fingerprint density at radius 2 is 1.66 bits per heavy atom. The van der Waals surface area contributed by atoms with Gasteiger partial charge >= 0.3 is 10.4 Å². The Kier molecular flexibility index (Phi) is 13.6. The molecule has 1 unspecified atom stereocenters. The molecule has 2 N–H and O–H groups in total. The van der Waals surface area contributed by atoms with Crippen LogP contribution in [0.25, 0.3) is 0 Å². The number of carbonyl (C=O) groups excluding carboxylic acids is 1. The third-order valence-electron chi connectivity index (χ3n) is 5.21. The van der Waals surface area contributed by atoms with E-state index in [1.54, 1.807) is 0 Å². The molecule has 1 heterocycles. The number of methoxy groups -OCH3 is 1. The molecule has 0 saturated heterocycles. The Bertz CT molecular complexity index is 1690. The van der Waals surface area contributed by atoms with Crippen molar-refractivity contribution in [1.29, 1.82) is 0 Å². The number of nitrogens with zero attached hydrogens (tertiary/aromatic N) is 4. The van der Waals surface area contributed by atoms with Gasteiger partial charge in [0.25, 0.3) is 16.0 Å². The van der Waals surface area contributed by atoms with Crippen LogP contribution in [0.3, 0.4) is 0 Å². The molecule has 2 aromatic carbocycles.